The zero-order chi connectivity index (χ0) is 7.28. The molecule has 0 aliphatic rings. The van der Waals surface area contributed by atoms with Gasteiger partial charge in [-0.15, -0.1) is 6.58 Å². The van der Waals surface area contributed by atoms with Gasteiger partial charge in [0.15, 0.2) is 0 Å². The standard InChI is InChI=1S/C6H12O3/c1-2-5(8)6(9)3-4-7/h2,5-9H,1,3-4H2/t5-,6-/m1/s1. The molecule has 0 radical (unpaired) electrons. The topological polar surface area (TPSA) is 60.7 Å². The molecule has 0 spiro atoms. The molecule has 3 nitrogen and oxygen atoms in total. The van der Waals surface area contributed by atoms with Crippen molar-refractivity contribution in [3.05, 3.63) is 12.7 Å². The van der Waals surface area contributed by atoms with Crippen molar-refractivity contribution in [1.82, 2.24) is 0 Å². The van der Waals surface area contributed by atoms with Gasteiger partial charge in [0.25, 0.3) is 0 Å². The van der Waals surface area contributed by atoms with Gasteiger partial charge in [0.1, 0.15) is 0 Å². The van der Waals surface area contributed by atoms with Crippen LogP contribution in [0.1, 0.15) is 6.42 Å². The number of hydrogen-bond donors (Lipinski definition) is 3. The summed E-state index contributed by atoms with van der Waals surface area (Å²) in [6.07, 6.45) is -0.377. The number of aliphatic hydroxyl groups excluding tert-OH is 3. The molecule has 0 aliphatic carbocycles. The largest absolute Gasteiger partial charge is 0.396 e. The van der Waals surface area contributed by atoms with E-state index in [0.29, 0.717) is 0 Å². The fraction of sp³-hybridized carbons (Fsp3) is 0.667. The highest BCUT2D eigenvalue weighted by molar-refractivity contribution is 4.83. The van der Waals surface area contributed by atoms with Crippen molar-refractivity contribution in [2.45, 2.75) is 18.6 Å². The fourth-order valence-corrected chi connectivity index (χ4v) is 0.460. The average Bonchev–Trinajstić information content (AvgIpc) is 1.87. The lowest BCUT2D eigenvalue weighted by Gasteiger charge is -2.11. The summed E-state index contributed by atoms with van der Waals surface area (Å²) < 4.78 is 0. The third-order valence-corrected chi connectivity index (χ3v) is 1.06. The molecule has 9 heavy (non-hydrogen) atoms. The first-order valence-corrected chi connectivity index (χ1v) is 2.82. The zero-order valence-corrected chi connectivity index (χ0v) is 5.20. The summed E-state index contributed by atoms with van der Waals surface area (Å²) in [5, 5.41) is 25.9. The second-order valence-electron chi connectivity index (χ2n) is 1.81. The summed E-state index contributed by atoms with van der Waals surface area (Å²) in [5.74, 6) is 0. The molecule has 0 saturated heterocycles. The quantitative estimate of drug-likeness (QED) is 0.442. The molecule has 3 heteroatoms. The zero-order valence-electron chi connectivity index (χ0n) is 5.20. The lowest BCUT2D eigenvalue weighted by Crippen LogP contribution is -2.24. The lowest BCUT2D eigenvalue weighted by atomic mass is 10.1. The lowest BCUT2D eigenvalue weighted by molar-refractivity contribution is 0.0319. The summed E-state index contributed by atoms with van der Waals surface area (Å²) in [6.45, 7) is 3.15. The van der Waals surface area contributed by atoms with E-state index < -0.39 is 12.2 Å². The number of hydrogen-bond acceptors (Lipinski definition) is 3. The molecular weight excluding hydrogens is 120 g/mol. The molecule has 0 rings (SSSR count). The normalized spacial score (nSPS) is 16.8. The van der Waals surface area contributed by atoms with E-state index in [1.807, 2.05) is 0 Å². The van der Waals surface area contributed by atoms with E-state index in [1.165, 1.54) is 6.08 Å². The maximum Gasteiger partial charge on any atom is 0.0978 e. The van der Waals surface area contributed by atoms with Gasteiger partial charge < -0.3 is 15.3 Å². The van der Waals surface area contributed by atoms with Gasteiger partial charge in [0.05, 0.1) is 12.2 Å². The van der Waals surface area contributed by atoms with E-state index in [0.717, 1.165) is 0 Å². The van der Waals surface area contributed by atoms with Crippen LogP contribution < -0.4 is 0 Å². The molecule has 0 unspecified atom stereocenters. The van der Waals surface area contributed by atoms with Gasteiger partial charge in [0, 0.05) is 6.61 Å². The van der Waals surface area contributed by atoms with Crippen molar-refractivity contribution in [2.75, 3.05) is 6.61 Å². The van der Waals surface area contributed by atoms with Crippen molar-refractivity contribution in [3.63, 3.8) is 0 Å². The molecule has 0 heterocycles. The molecule has 0 aliphatic heterocycles. The summed E-state index contributed by atoms with van der Waals surface area (Å²) >= 11 is 0. The van der Waals surface area contributed by atoms with Crippen LogP contribution in [-0.4, -0.2) is 34.1 Å². The van der Waals surface area contributed by atoms with Crippen LogP contribution >= 0.6 is 0 Å². The molecule has 0 aromatic heterocycles. The Balaban J connectivity index is 3.44. The molecule has 0 fully saturated rings. The van der Waals surface area contributed by atoms with E-state index >= 15 is 0 Å². The fourth-order valence-electron chi connectivity index (χ4n) is 0.460. The van der Waals surface area contributed by atoms with Crippen LogP contribution in [0.15, 0.2) is 12.7 Å². The van der Waals surface area contributed by atoms with Crippen LogP contribution in [0.3, 0.4) is 0 Å². The van der Waals surface area contributed by atoms with Gasteiger partial charge in [-0.25, -0.2) is 0 Å². The van der Waals surface area contributed by atoms with Gasteiger partial charge >= 0.3 is 0 Å². The minimum atomic E-state index is -0.919. The highest BCUT2D eigenvalue weighted by Crippen LogP contribution is 1.97. The van der Waals surface area contributed by atoms with Crippen LogP contribution in [-0.2, 0) is 0 Å². The Kier molecular flexibility index (Phi) is 4.30. The van der Waals surface area contributed by atoms with E-state index in [-0.39, 0.29) is 13.0 Å². The van der Waals surface area contributed by atoms with Crippen LogP contribution in [0, 0.1) is 0 Å². The van der Waals surface area contributed by atoms with Crippen LogP contribution in [0.25, 0.3) is 0 Å². The molecule has 0 bridgehead atoms. The average molecular weight is 132 g/mol. The van der Waals surface area contributed by atoms with Gasteiger partial charge in [-0.3, -0.25) is 0 Å². The molecule has 2 atom stereocenters. The van der Waals surface area contributed by atoms with Crippen molar-refractivity contribution in [1.29, 1.82) is 0 Å². The highest BCUT2D eigenvalue weighted by atomic mass is 16.3. The second kappa shape index (κ2) is 4.49. The molecular formula is C6H12O3. The maximum atomic E-state index is 8.84. The molecule has 3 N–H and O–H groups in total. The van der Waals surface area contributed by atoms with Crippen LogP contribution in [0.2, 0.25) is 0 Å². The van der Waals surface area contributed by atoms with E-state index in [4.69, 9.17) is 15.3 Å². The minimum absolute atomic E-state index is 0.119. The molecule has 0 aromatic rings. The Labute approximate surface area is 54.3 Å². The molecule has 0 aromatic carbocycles. The first-order chi connectivity index (χ1) is 4.22. The van der Waals surface area contributed by atoms with E-state index in [9.17, 15) is 0 Å². The highest BCUT2D eigenvalue weighted by Gasteiger charge is 2.10. The molecule has 54 valence electrons. The summed E-state index contributed by atoms with van der Waals surface area (Å²) in [7, 11) is 0. The van der Waals surface area contributed by atoms with E-state index in [2.05, 4.69) is 6.58 Å². The number of aliphatic hydroxyl groups is 3. The smallest absolute Gasteiger partial charge is 0.0978 e. The number of rotatable bonds is 4. The first kappa shape index (κ1) is 8.62. The Bertz CT molecular complexity index is 82.4. The van der Waals surface area contributed by atoms with Gasteiger partial charge in [-0.05, 0) is 6.42 Å². The Hall–Kier alpha value is -0.380. The summed E-state index contributed by atoms with van der Waals surface area (Å²) in [4.78, 5) is 0. The van der Waals surface area contributed by atoms with E-state index in [1.54, 1.807) is 0 Å². The third-order valence-electron chi connectivity index (χ3n) is 1.06. The van der Waals surface area contributed by atoms with Crippen molar-refractivity contribution in [3.8, 4) is 0 Å². The summed E-state index contributed by atoms with van der Waals surface area (Å²) in [6, 6.07) is 0. The van der Waals surface area contributed by atoms with Crippen molar-refractivity contribution in [2.24, 2.45) is 0 Å². The van der Waals surface area contributed by atoms with Crippen molar-refractivity contribution < 1.29 is 15.3 Å². The minimum Gasteiger partial charge on any atom is -0.396 e. The van der Waals surface area contributed by atoms with Crippen LogP contribution in [0.5, 0.6) is 0 Å². The van der Waals surface area contributed by atoms with Gasteiger partial charge in [0.2, 0.25) is 0 Å². The monoisotopic (exact) mass is 132 g/mol. The molecule has 0 saturated carbocycles. The predicted octanol–water partition coefficient (Wildman–Crippen LogP) is -0.723. The second-order valence-corrected chi connectivity index (χ2v) is 1.81. The predicted molar refractivity (Wildman–Crippen MR) is 33.9 cm³/mol. The SMILES string of the molecule is C=C[C@@H](O)[C@H](O)CCO. The van der Waals surface area contributed by atoms with Crippen molar-refractivity contribution >= 4 is 0 Å². The maximum absolute atomic E-state index is 8.84. The van der Waals surface area contributed by atoms with Gasteiger partial charge in [-0.2, -0.15) is 0 Å². The van der Waals surface area contributed by atoms with Gasteiger partial charge in [-0.1, -0.05) is 6.08 Å². The Morgan fingerprint density at radius 3 is 2.33 bits per heavy atom. The third kappa shape index (κ3) is 3.24. The van der Waals surface area contributed by atoms with Crippen LogP contribution in [0.4, 0.5) is 0 Å². The first-order valence-electron chi connectivity index (χ1n) is 2.82. The molecule has 0 amide bonds. The summed E-state index contributed by atoms with van der Waals surface area (Å²) in [5.41, 5.74) is 0. The Morgan fingerprint density at radius 2 is 2.00 bits per heavy atom. The Morgan fingerprint density at radius 1 is 1.44 bits per heavy atom.